The van der Waals surface area contributed by atoms with Crippen LogP contribution in [0.5, 0.6) is 0 Å². The normalized spacial score (nSPS) is 15.4. The lowest BCUT2D eigenvalue weighted by atomic mass is 10.0. The van der Waals surface area contributed by atoms with Crippen LogP contribution in [0.1, 0.15) is 35.6 Å². The average Bonchev–Trinajstić information content (AvgIpc) is 3.66. The van der Waals surface area contributed by atoms with Crippen LogP contribution in [-0.2, 0) is 27.4 Å². The molecule has 9 nitrogen and oxygen atoms in total. The predicted molar refractivity (Wildman–Crippen MR) is 146 cm³/mol. The first-order chi connectivity index (χ1) is 19.9. The van der Waals surface area contributed by atoms with Gasteiger partial charge >= 0.3 is 0 Å². The number of rotatable bonds is 10. The van der Waals surface area contributed by atoms with E-state index in [0.717, 1.165) is 23.2 Å². The third-order valence-corrected chi connectivity index (χ3v) is 6.94. The summed E-state index contributed by atoms with van der Waals surface area (Å²) in [4.78, 5) is 30.0. The number of amides is 2. The maximum Gasteiger partial charge on any atom is 0.247 e. The van der Waals surface area contributed by atoms with Gasteiger partial charge in [-0.25, -0.2) is 8.78 Å². The topological polar surface area (TPSA) is 102 Å². The third-order valence-electron chi connectivity index (χ3n) is 6.94. The summed E-state index contributed by atoms with van der Waals surface area (Å²) in [5.41, 5.74) is 1.92. The van der Waals surface area contributed by atoms with Crippen LogP contribution in [0.4, 0.5) is 8.78 Å². The van der Waals surface area contributed by atoms with E-state index in [1.54, 1.807) is 42.5 Å². The lowest BCUT2D eigenvalue weighted by Crippen LogP contribution is -2.46. The van der Waals surface area contributed by atoms with Gasteiger partial charge in [-0.05, 0) is 48.7 Å². The molecule has 0 bridgehead atoms. The highest BCUT2D eigenvalue weighted by Crippen LogP contribution is 2.26. The Morgan fingerprint density at radius 1 is 1.05 bits per heavy atom. The quantitative estimate of drug-likeness (QED) is 0.315. The fraction of sp³-hybridized carbons (Fsp3) is 0.300. The van der Waals surface area contributed by atoms with Crippen LogP contribution in [-0.4, -0.2) is 56.2 Å². The molecule has 1 fully saturated rings. The first kappa shape index (κ1) is 28.0. The number of nitrogens with zero attached hydrogens (tertiary/aromatic N) is 5. The standard InChI is InChI=1S/C30H30F2N6O3/c1-20-12-14-21(15-13-20)28(30(40)33-17-23-8-6-16-41-23)37(18-22-7-2-4-10-25(22)31)27(39)19-38-35-29(34-36-38)24-9-3-5-11-26(24)32/h2-5,7,9-15,23,28H,6,8,16-19H2,1H3,(H,33,40)/t23-,28+/m1/s1. The Bertz CT molecular complexity index is 1500. The summed E-state index contributed by atoms with van der Waals surface area (Å²) in [6, 6.07) is 18.2. The van der Waals surface area contributed by atoms with Crippen molar-refractivity contribution in [3.63, 3.8) is 0 Å². The van der Waals surface area contributed by atoms with Crippen molar-refractivity contribution in [3.05, 3.63) is 101 Å². The van der Waals surface area contributed by atoms with Crippen molar-refractivity contribution < 1.29 is 23.1 Å². The number of hydrogen-bond acceptors (Lipinski definition) is 6. The molecule has 4 aromatic rings. The fourth-order valence-corrected chi connectivity index (χ4v) is 4.74. The molecule has 2 amide bonds. The van der Waals surface area contributed by atoms with Crippen molar-refractivity contribution in [3.8, 4) is 11.4 Å². The Morgan fingerprint density at radius 2 is 1.78 bits per heavy atom. The van der Waals surface area contributed by atoms with E-state index >= 15 is 0 Å². The molecule has 0 aliphatic carbocycles. The maximum atomic E-state index is 14.8. The number of ether oxygens (including phenoxy) is 1. The molecule has 1 saturated heterocycles. The SMILES string of the molecule is Cc1ccc([C@@H](C(=O)NC[C@H]2CCCO2)N(Cc2ccccc2F)C(=O)Cn2nnc(-c3ccccc3F)n2)cc1. The molecule has 2 heterocycles. The molecular formula is C30H30F2N6O3. The number of benzene rings is 3. The summed E-state index contributed by atoms with van der Waals surface area (Å²) in [7, 11) is 0. The summed E-state index contributed by atoms with van der Waals surface area (Å²) < 4.78 is 34.7. The van der Waals surface area contributed by atoms with Gasteiger partial charge in [-0.1, -0.05) is 60.2 Å². The highest BCUT2D eigenvalue weighted by atomic mass is 19.1. The summed E-state index contributed by atoms with van der Waals surface area (Å²) in [6.07, 6.45) is 1.64. The van der Waals surface area contributed by atoms with Gasteiger partial charge in [0.1, 0.15) is 24.2 Å². The van der Waals surface area contributed by atoms with Crippen molar-refractivity contribution in [2.24, 2.45) is 0 Å². The fourth-order valence-electron chi connectivity index (χ4n) is 4.74. The Labute approximate surface area is 236 Å². The van der Waals surface area contributed by atoms with Crippen LogP contribution < -0.4 is 5.32 Å². The van der Waals surface area contributed by atoms with Crippen molar-refractivity contribution in [2.45, 2.75) is 45.0 Å². The molecule has 1 N–H and O–H groups in total. The Kier molecular flexibility index (Phi) is 8.73. The van der Waals surface area contributed by atoms with Gasteiger partial charge in [0, 0.05) is 25.3 Å². The monoisotopic (exact) mass is 560 g/mol. The van der Waals surface area contributed by atoms with Gasteiger partial charge in [0.05, 0.1) is 11.7 Å². The summed E-state index contributed by atoms with van der Waals surface area (Å²) >= 11 is 0. The van der Waals surface area contributed by atoms with Gasteiger partial charge in [-0.15, -0.1) is 10.2 Å². The van der Waals surface area contributed by atoms with Crippen LogP contribution in [0.2, 0.25) is 0 Å². The second kappa shape index (κ2) is 12.8. The van der Waals surface area contributed by atoms with Gasteiger partial charge < -0.3 is 15.0 Å². The number of carbonyl (C=O) groups is 2. The number of aryl methyl sites for hydroxylation is 1. The van der Waals surface area contributed by atoms with Crippen LogP contribution in [0.3, 0.4) is 0 Å². The molecule has 0 unspecified atom stereocenters. The van der Waals surface area contributed by atoms with E-state index < -0.39 is 36.0 Å². The lowest BCUT2D eigenvalue weighted by Gasteiger charge is -2.32. The molecular weight excluding hydrogens is 530 g/mol. The minimum Gasteiger partial charge on any atom is -0.376 e. The number of nitrogens with one attached hydrogen (secondary N) is 1. The van der Waals surface area contributed by atoms with Crippen molar-refractivity contribution >= 4 is 11.8 Å². The van der Waals surface area contributed by atoms with E-state index in [0.29, 0.717) is 18.7 Å². The number of aromatic nitrogens is 4. The molecule has 1 aromatic heterocycles. The van der Waals surface area contributed by atoms with Crippen LogP contribution in [0, 0.1) is 18.6 Å². The van der Waals surface area contributed by atoms with Crippen molar-refractivity contribution in [1.29, 1.82) is 0 Å². The maximum absolute atomic E-state index is 14.8. The molecule has 0 spiro atoms. The van der Waals surface area contributed by atoms with Crippen LogP contribution >= 0.6 is 0 Å². The van der Waals surface area contributed by atoms with E-state index in [-0.39, 0.29) is 29.6 Å². The molecule has 5 rings (SSSR count). The smallest absolute Gasteiger partial charge is 0.247 e. The number of hydrogen-bond donors (Lipinski definition) is 1. The third kappa shape index (κ3) is 6.80. The molecule has 1 aliphatic heterocycles. The van der Waals surface area contributed by atoms with Gasteiger partial charge in [0.15, 0.2) is 0 Å². The van der Waals surface area contributed by atoms with E-state index in [1.165, 1.54) is 23.1 Å². The highest BCUT2D eigenvalue weighted by Gasteiger charge is 2.33. The van der Waals surface area contributed by atoms with Gasteiger partial charge in [0.25, 0.3) is 0 Å². The summed E-state index contributed by atoms with van der Waals surface area (Å²) in [5, 5.41) is 14.9. The molecule has 3 aromatic carbocycles. The number of halogens is 2. The minimum absolute atomic E-state index is 0.0148. The van der Waals surface area contributed by atoms with Crippen LogP contribution in [0.15, 0.2) is 72.8 Å². The zero-order valence-corrected chi connectivity index (χ0v) is 22.5. The second-order valence-corrected chi connectivity index (χ2v) is 9.93. The summed E-state index contributed by atoms with van der Waals surface area (Å²) in [5.74, 6) is -1.99. The largest absolute Gasteiger partial charge is 0.376 e. The Balaban J connectivity index is 1.47. The second-order valence-electron chi connectivity index (χ2n) is 9.93. The molecule has 212 valence electrons. The van der Waals surface area contributed by atoms with Crippen molar-refractivity contribution in [1.82, 2.24) is 30.4 Å². The molecule has 1 aliphatic rings. The van der Waals surface area contributed by atoms with E-state index in [1.807, 2.05) is 19.1 Å². The van der Waals surface area contributed by atoms with Gasteiger partial charge in [0.2, 0.25) is 17.6 Å². The molecule has 0 radical (unpaired) electrons. The first-order valence-electron chi connectivity index (χ1n) is 13.4. The molecule has 11 heteroatoms. The molecule has 2 atom stereocenters. The van der Waals surface area contributed by atoms with Crippen molar-refractivity contribution in [2.75, 3.05) is 13.2 Å². The van der Waals surface area contributed by atoms with Crippen LogP contribution in [0.25, 0.3) is 11.4 Å². The summed E-state index contributed by atoms with van der Waals surface area (Å²) in [6.45, 7) is 2.25. The first-order valence-corrected chi connectivity index (χ1v) is 13.4. The number of tetrazole rings is 1. The van der Waals surface area contributed by atoms with Gasteiger partial charge in [-0.2, -0.15) is 4.80 Å². The Hall–Kier alpha value is -4.51. The molecule has 0 saturated carbocycles. The van der Waals surface area contributed by atoms with Gasteiger partial charge in [-0.3, -0.25) is 9.59 Å². The van der Waals surface area contributed by atoms with E-state index in [9.17, 15) is 18.4 Å². The number of carbonyl (C=O) groups excluding carboxylic acids is 2. The average molecular weight is 561 g/mol. The highest BCUT2D eigenvalue weighted by molar-refractivity contribution is 5.88. The van der Waals surface area contributed by atoms with E-state index in [2.05, 4.69) is 20.7 Å². The zero-order chi connectivity index (χ0) is 28.8. The zero-order valence-electron chi connectivity index (χ0n) is 22.5. The van der Waals surface area contributed by atoms with E-state index in [4.69, 9.17) is 4.74 Å². The predicted octanol–water partition coefficient (Wildman–Crippen LogP) is 3.99. The lowest BCUT2D eigenvalue weighted by molar-refractivity contribution is -0.142. The molecule has 41 heavy (non-hydrogen) atoms. The minimum atomic E-state index is -1.08. The Morgan fingerprint density at radius 3 is 2.49 bits per heavy atom.